The Morgan fingerprint density at radius 1 is 1.03 bits per heavy atom. The van der Waals surface area contributed by atoms with Gasteiger partial charge in [0.05, 0.1) is 25.4 Å². The number of benzene rings is 2. The number of carbonyl (C=O) groups excluding carboxylic acids is 1. The van der Waals surface area contributed by atoms with Crippen LogP contribution in [0.1, 0.15) is 46.1 Å². The zero-order valence-electron chi connectivity index (χ0n) is 19.5. The predicted molar refractivity (Wildman–Crippen MR) is 141 cm³/mol. The zero-order valence-corrected chi connectivity index (χ0v) is 21.0. The zero-order chi connectivity index (χ0) is 23.9. The molecule has 2 aromatic carbocycles. The van der Waals surface area contributed by atoms with E-state index in [-0.39, 0.29) is 12.1 Å². The van der Waals surface area contributed by atoms with Crippen LogP contribution in [0.2, 0.25) is 5.02 Å². The van der Waals surface area contributed by atoms with Gasteiger partial charge in [-0.1, -0.05) is 23.7 Å². The highest BCUT2D eigenvalue weighted by atomic mass is 35.5. The summed E-state index contributed by atoms with van der Waals surface area (Å²) in [6.07, 6.45) is 6.77. The second-order valence-electron chi connectivity index (χ2n) is 9.04. The average Bonchev–Trinajstić information content (AvgIpc) is 3.47. The topological polar surface area (TPSA) is 46.5 Å². The third-order valence-corrected chi connectivity index (χ3v) is 8.55. The number of hydrogen-bond acceptors (Lipinski definition) is 3. The van der Waals surface area contributed by atoms with Crippen molar-refractivity contribution < 1.29 is 9.53 Å². The smallest absolute Gasteiger partial charge is 0.322 e. The number of carbonyl (C=O) groups is 1. The van der Waals surface area contributed by atoms with Gasteiger partial charge in [0.15, 0.2) is 0 Å². The molecule has 0 unspecified atom stereocenters. The molecule has 35 heavy (non-hydrogen) atoms. The number of rotatable bonds is 3. The van der Waals surface area contributed by atoms with E-state index >= 15 is 0 Å². The number of methoxy groups -OCH3 is 1. The van der Waals surface area contributed by atoms with Gasteiger partial charge in [0.25, 0.3) is 0 Å². The van der Waals surface area contributed by atoms with E-state index in [1.54, 1.807) is 7.11 Å². The first-order valence-corrected chi connectivity index (χ1v) is 13.1. The second-order valence-corrected chi connectivity index (χ2v) is 10.6. The second kappa shape index (κ2) is 9.10. The number of anilines is 1. The highest BCUT2D eigenvalue weighted by molar-refractivity contribution is 7.15. The Hall–Kier alpha value is -3.22. The highest BCUT2D eigenvalue weighted by Gasteiger charge is 2.36. The van der Waals surface area contributed by atoms with Gasteiger partial charge in [-0.25, -0.2) is 4.79 Å². The first-order valence-electron chi connectivity index (χ1n) is 11.9. The number of halogens is 1. The van der Waals surface area contributed by atoms with E-state index in [1.807, 2.05) is 64.8 Å². The summed E-state index contributed by atoms with van der Waals surface area (Å²) < 4.78 is 7.56. The number of ether oxygens (including phenoxy) is 1. The molecule has 0 spiro atoms. The monoisotopic (exact) mass is 503 g/mol. The number of nitrogens with zero attached hydrogens (tertiary/aromatic N) is 2. The molecule has 1 aliphatic carbocycles. The number of hydrogen-bond donors (Lipinski definition) is 1. The third-order valence-electron chi connectivity index (χ3n) is 6.97. The van der Waals surface area contributed by atoms with E-state index < -0.39 is 0 Å². The summed E-state index contributed by atoms with van der Waals surface area (Å²) >= 11 is 8.11. The van der Waals surface area contributed by atoms with Crippen LogP contribution in [0.15, 0.2) is 66.9 Å². The van der Waals surface area contributed by atoms with Crippen molar-refractivity contribution in [3.8, 4) is 10.8 Å². The molecule has 7 heteroatoms. The number of aryl methyl sites for hydroxylation is 1. The summed E-state index contributed by atoms with van der Waals surface area (Å²) in [6, 6.07) is 19.1. The van der Waals surface area contributed by atoms with Crippen molar-refractivity contribution >= 4 is 34.7 Å². The van der Waals surface area contributed by atoms with E-state index in [0.717, 1.165) is 35.5 Å². The third kappa shape index (κ3) is 4.01. The summed E-state index contributed by atoms with van der Waals surface area (Å²) in [5, 5.41) is 5.05. The molecule has 0 saturated carbocycles. The predicted octanol–water partition coefficient (Wildman–Crippen LogP) is 7.22. The number of amides is 2. The van der Waals surface area contributed by atoms with Crippen molar-refractivity contribution in [3.63, 3.8) is 0 Å². The standard InChI is InChI=1S/C28H26ClN3O2S/c1-34-21-14-12-20(13-15-21)30-28(33)32-17-23-22-5-2-3-7-25(22)35-27(23)31-16-4-6-24(31)26(32)18-8-10-19(29)11-9-18/h4,6,8-16,26H,2-3,5,7,17H2,1H3,(H,30,33)/t26-/m0/s1. The van der Waals surface area contributed by atoms with Gasteiger partial charge in [0.2, 0.25) is 0 Å². The van der Waals surface area contributed by atoms with Crippen molar-refractivity contribution in [1.82, 2.24) is 9.47 Å². The Labute approximate surface area is 213 Å². The van der Waals surface area contributed by atoms with Crippen molar-refractivity contribution in [3.05, 3.63) is 99.1 Å². The lowest BCUT2D eigenvalue weighted by molar-refractivity contribution is 0.194. The van der Waals surface area contributed by atoms with Crippen LogP contribution < -0.4 is 10.1 Å². The van der Waals surface area contributed by atoms with E-state index in [2.05, 4.69) is 28.2 Å². The van der Waals surface area contributed by atoms with Gasteiger partial charge in [0.1, 0.15) is 10.8 Å². The van der Waals surface area contributed by atoms with Crippen molar-refractivity contribution in [2.45, 2.75) is 38.3 Å². The Kier molecular flexibility index (Phi) is 5.78. The largest absolute Gasteiger partial charge is 0.497 e. The summed E-state index contributed by atoms with van der Waals surface area (Å²) in [7, 11) is 1.63. The van der Waals surface area contributed by atoms with Crippen LogP contribution in [0.5, 0.6) is 5.75 Å². The van der Waals surface area contributed by atoms with E-state index in [1.165, 1.54) is 33.8 Å². The van der Waals surface area contributed by atoms with Crippen LogP contribution in [0.3, 0.4) is 0 Å². The molecule has 2 amide bonds. The SMILES string of the molecule is COc1ccc(NC(=O)N2Cc3c(sc4c3CCCC4)-n3cccc3[C@@H]2c2ccc(Cl)cc2)cc1. The maximum Gasteiger partial charge on any atom is 0.322 e. The number of thiophene rings is 1. The minimum Gasteiger partial charge on any atom is -0.497 e. The first kappa shape index (κ1) is 22.3. The maximum absolute atomic E-state index is 13.9. The molecular formula is C28H26ClN3O2S. The van der Waals surface area contributed by atoms with Crippen LogP contribution in [0.4, 0.5) is 10.5 Å². The number of aromatic nitrogens is 1. The average molecular weight is 504 g/mol. The molecule has 6 rings (SSSR count). The van der Waals surface area contributed by atoms with Gasteiger partial charge in [-0.15, -0.1) is 11.3 Å². The van der Waals surface area contributed by atoms with Gasteiger partial charge in [-0.2, -0.15) is 0 Å². The molecule has 1 atom stereocenters. The lowest BCUT2D eigenvalue weighted by atomic mass is 9.95. The van der Waals surface area contributed by atoms with Gasteiger partial charge >= 0.3 is 6.03 Å². The first-order chi connectivity index (χ1) is 17.1. The normalized spacial score (nSPS) is 16.6. The maximum atomic E-state index is 13.9. The Balaban J connectivity index is 1.46. The molecule has 0 bridgehead atoms. The Morgan fingerprint density at radius 3 is 2.57 bits per heavy atom. The fourth-order valence-corrected chi connectivity index (χ4v) is 6.78. The molecule has 2 aliphatic rings. The summed E-state index contributed by atoms with van der Waals surface area (Å²) in [5.41, 5.74) is 5.56. The summed E-state index contributed by atoms with van der Waals surface area (Å²) in [4.78, 5) is 17.3. The molecule has 4 aromatic rings. The van der Waals surface area contributed by atoms with Gasteiger partial charge < -0.3 is 19.5 Å². The van der Waals surface area contributed by atoms with Crippen LogP contribution in [-0.4, -0.2) is 22.6 Å². The van der Waals surface area contributed by atoms with Gasteiger partial charge in [0, 0.05) is 27.3 Å². The van der Waals surface area contributed by atoms with Crippen molar-refractivity contribution in [1.29, 1.82) is 0 Å². The van der Waals surface area contributed by atoms with Crippen molar-refractivity contribution in [2.24, 2.45) is 0 Å². The van der Waals surface area contributed by atoms with E-state index in [0.29, 0.717) is 11.6 Å². The number of nitrogens with one attached hydrogen (secondary N) is 1. The minimum absolute atomic E-state index is 0.133. The van der Waals surface area contributed by atoms with Gasteiger partial charge in [-0.05, 0) is 85.3 Å². The number of fused-ring (bicyclic) bond motifs is 5. The van der Waals surface area contributed by atoms with Crippen LogP contribution in [0.25, 0.3) is 5.00 Å². The van der Waals surface area contributed by atoms with Crippen LogP contribution in [0, 0.1) is 0 Å². The van der Waals surface area contributed by atoms with Gasteiger partial charge in [-0.3, -0.25) is 0 Å². The summed E-state index contributed by atoms with van der Waals surface area (Å²) in [5.74, 6) is 0.754. The molecule has 0 saturated heterocycles. The molecular weight excluding hydrogens is 478 g/mol. The molecule has 0 radical (unpaired) electrons. The fourth-order valence-electron chi connectivity index (χ4n) is 5.25. The highest BCUT2D eigenvalue weighted by Crippen LogP contribution is 2.44. The van der Waals surface area contributed by atoms with E-state index in [9.17, 15) is 4.79 Å². The Morgan fingerprint density at radius 2 is 1.80 bits per heavy atom. The molecule has 3 heterocycles. The fraction of sp³-hybridized carbons (Fsp3) is 0.250. The minimum atomic E-state index is -0.251. The van der Waals surface area contributed by atoms with Crippen LogP contribution >= 0.6 is 22.9 Å². The molecule has 0 fully saturated rings. The summed E-state index contributed by atoms with van der Waals surface area (Å²) in [6.45, 7) is 0.554. The lowest BCUT2D eigenvalue weighted by Crippen LogP contribution is -2.38. The van der Waals surface area contributed by atoms with E-state index in [4.69, 9.17) is 16.3 Å². The Bertz CT molecular complexity index is 1370. The quantitative estimate of drug-likeness (QED) is 0.321. The number of urea groups is 1. The molecule has 1 N–H and O–H groups in total. The molecule has 1 aliphatic heterocycles. The molecule has 2 aromatic heterocycles. The van der Waals surface area contributed by atoms with Crippen molar-refractivity contribution in [2.75, 3.05) is 12.4 Å². The van der Waals surface area contributed by atoms with Crippen LogP contribution in [-0.2, 0) is 19.4 Å². The lowest BCUT2D eigenvalue weighted by Gasteiger charge is -2.31. The molecule has 5 nitrogen and oxygen atoms in total. The molecule has 178 valence electrons.